The maximum absolute atomic E-state index is 12.2. The predicted molar refractivity (Wildman–Crippen MR) is 235 cm³/mol. The Bertz CT molecular complexity index is 2180. The fraction of sp³-hybridized carbons (Fsp3) is 0.474. The molecule has 4 N–H and O–H groups in total. The van der Waals surface area contributed by atoms with Crippen LogP contribution in [0.2, 0.25) is 0 Å². The number of piperazine rings is 2. The zero-order chi connectivity index (χ0) is 47.5. The van der Waals surface area contributed by atoms with Crippen molar-refractivity contribution in [3.8, 4) is 0 Å². The fourth-order valence-corrected chi connectivity index (χ4v) is 5.78. The molecule has 0 saturated carbocycles. The van der Waals surface area contributed by atoms with Gasteiger partial charge in [-0.25, -0.2) is 44.7 Å². The molecule has 2 aliphatic rings. The van der Waals surface area contributed by atoms with E-state index >= 15 is 0 Å². The number of aliphatic carboxylic acids is 1. The van der Waals surface area contributed by atoms with Crippen LogP contribution >= 0.6 is 0 Å². The molecule has 66 heavy (non-hydrogen) atoms. The van der Waals surface area contributed by atoms with E-state index in [2.05, 4.69) is 64.7 Å². The summed E-state index contributed by atoms with van der Waals surface area (Å²) in [5, 5.41) is 24.3. The number of esters is 1. The Labute approximate surface area is 377 Å². The lowest BCUT2D eigenvalue weighted by Gasteiger charge is -2.34. The maximum atomic E-state index is 12.2. The second kappa shape index (κ2) is 28.0. The van der Waals surface area contributed by atoms with Gasteiger partial charge in [0.2, 0.25) is 23.8 Å². The molecule has 350 valence electrons. The van der Waals surface area contributed by atoms with Crippen LogP contribution in [0.4, 0.5) is 35.2 Å². The highest BCUT2D eigenvalue weighted by Gasteiger charge is 2.22. The zero-order valence-corrected chi connectivity index (χ0v) is 36.0. The summed E-state index contributed by atoms with van der Waals surface area (Å²) in [5.41, 5.74) is 23.2. The van der Waals surface area contributed by atoms with Crippen LogP contribution < -0.4 is 25.3 Å². The number of hydrogen-bond donors (Lipinski definition) is 3. The lowest BCUT2D eigenvalue weighted by Crippen LogP contribution is -2.47. The first-order valence-corrected chi connectivity index (χ1v) is 20.3. The molecule has 0 spiro atoms. The molecule has 0 bridgehead atoms. The van der Waals surface area contributed by atoms with Gasteiger partial charge in [-0.15, -0.1) is 0 Å². The highest BCUT2D eigenvalue weighted by atomic mass is 16.5. The van der Waals surface area contributed by atoms with Gasteiger partial charge in [-0.2, -0.15) is 0 Å². The van der Waals surface area contributed by atoms with Crippen LogP contribution in [-0.2, 0) is 23.8 Å². The van der Waals surface area contributed by atoms with Crippen LogP contribution in [-0.4, -0.2) is 166 Å². The van der Waals surface area contributed by atoms with E-state index in [9.17, 15) is 19.2 Å². The first-order valence-electron chi connectivity index (χ1n) is 20.3. The number of anilines is 4. The van der Waals surface area contributed by atoms with Crippen molar-refractivity contribution in [2.45, 2.75) is 25.7 Å². The number of rotatable bonds is 20. The second-order valence-electron chi connectivity index (χ2n) is 13.7. The molecule has 6 rings (SSSR count). The van der Waals surface area contributed by atoms with E-state index in [1.807, 2.05) is 19.6 Å². The van der Waals surface area contributed by atoms with E-state index in [1.54, 1.807) is 0 Å². The maximum Gasteiger partial charge on any atom is 0.338 e. The monoisotopic (exact) mass is 915 g/mol. The largest absolute Gasteiger partial charge is 0.481 e. The van der Waals surface area contributed by atoms with Crippen LogP contribution in [0.15, 0.2) is 59.8 Å². The minimum absolute atomic E-state index is 0.0474. The summed E-state index contributed by atoms with van der Waals surface area (Å²) < 4.78 is 14.5. The van der Waals surface area contributed by atoms with Gasteiger partial charge in [-0.1, -0.05) is 10.2 Å². The summed E-state index contributed by atoms with van der Waals surface area (Å²) in [7, 11) is 1.35. The van der Waals surface area contributed by atoms with Crippen molar-refractivity contribution < 1.29 is 43.6 Å². The summed E-state index contributed by atoms with van der Waals surface area (Å²) in [5.74, 6) is -0.107. The number of nitrogens with zero attached hydrogens (tertiary/aromatic N) is 18. The number of carboxylic acids is 2. The molecule has 0 radical (unpaired) electrons. The molecular formula is C38H49N19O9. The number of carbonyl (C=O) groups excluding carboxylic acids is 2. The molecule has 2 fully saturated rings. The molecule has 2 aliphatic heterocycles. The Balaban J connectivity index is 0.000000246. The van der Waals surface area contributed by atoms with Crippen LogP contribution in [0.5, 0.6) is 0 Å². The molecule has 6 heterocycles. The number of azide groups is 2. The molecule has 0 aromatic carbocycles. The number of aromatic nitrogens is 8. The van der Waals surface area contributed by atoms with Crippen molar-refractivity contribution >= 4 is 58.9 Å². The topological polar surface area (TPSA) is 376 Å². The Kier molecular flexibility index (Phi) is 21.5. The summed E-state index contributed by atoms with van der Waals surface area (Å²) >= 11 is 0. The zero-order valence-electron chi connectivity index (χ0n) is 36.0. The van der Waals surface area contributed by atoms with E-state index in [1.165, 1.54) is 56.7 Å². The minimum Gasteiger partial charge on any atom is -0.481 e. The molecule has 0 unspecified atom stereocenters. The van der Waals surface area contributed by atoms with Crippen LogP contribution in [0.1, 0.15) is 46.4 Å². The quantitative estimate of drug-likeness (QED) is 0.0286. The number of ether oxygens (including phenoxy) is 3. The number of aromatic carboxylic acids is 1. The van der Waals surface area contributed by atoms with Crippen LogP contribution in [0, 0.1) is 0 Å². The highest BCUT2D eigenvalue weighted by Crippen LogP contribution is 2.19. The molecule has 4 aromatic heterocycles. The van der Waals surface area contributed by atoms with Crippen molar-refractivity contribution in [1.29, 1.82) is 0 Å². The van der Waals surface area contributed by atoms with Gasteiger partial charge in [0.15, 0.2) is 5.78 Å². The fourth-order valence-electron chi connectivity index (χ4n) is 5.78. The van der Waals surface area contributed by atoms with Gasteiger partial charge in [-0.3, -0.25) is 14.4 Å². The van der Waals surface area contributed by atoms with Crippen LogP contribution in [0.3, 0.4) is 0 Å². The average molecular weight is 916 g/mol. The number of hydrogen-bond acceptors (Lipinski definition) is 22. The third-order valence-corrected chi connectivity index (χ3v) is 9.20. The number of carbonyl (C=O) groups is 4. The van der Waals surface area contributed by atoms with Gasteiger partial charge in [0.25, 0.3) is 0 Å². The van der Waals surface area contributed by atoms with Gasteiger partial charge >= 0.3 is 17.9 Å². The second-order valence-corrected chi connectivity index (χ2v) is 13.7. The lowest BCUT2D eigenvalue weighted by molar-refractivity contribution is -0.142. The van der Waals surface area contributed by atoms with Crippen molar-refractivity contribution in [3.05, 3.63) is 81.6 Å². The molecule has 0 amide bonds. The normalized spacial score (nSPS) is 13.1. The van der Waals surface area contributed by atoms with Gasteiger partial charge in [0.1, 0.15) is 0 Å². The summed E-state index contributed by atoms with van der Waals surface area (Å²) in [6, 6.07) is 0. The first kappa shape index (κ1) is 50.7. The number of nitrogens with two attached hydrogens (primary N) is 1. The molecule has 2 saturated heterocycles. The number of methoxy groups -OCH3 is 1. The SMILES string of the molecule is COC(=O)CCOCCN.[N-]=[N+]=Nc1cnc(N2CCN(c3ncc(C(=O)CCCOCCC(=O)O)cn3)CC2)nc1.[N-]=[N+]=Nc1cnc(N2CCN(c3ncc(C(=O)O)cn3)CC2)nc1. The molecule has 0 atom stereocenters. The predicted octanol–water partition coefficient (Wildman–Crippen LogP) is 2.75. The van der Waals surface area contributed by atoms with Gasteiger partial charge in [0.05, 0.1) is 62.3 Å². The smallest absolute Gasteiger partial charge is 0.338 e. The average Bonchev–Trinajstić information content (AvgIpc) is 3.35. The number of carboxylic acid groups (broad SMARTS) is 2. The summed E-state index contributed by atoms with van der Waals surface area (Å²) in [6.07, 6.45) is 12.6. The summed E-state index contributed by atoms with van der Waals surface area (Å²) in [4.78, 5) is 91.0. The molecule has 28 heteroatoms. The summed E-state index contributed by atoms with van der Waals surface area (Å²) in [6.45, 7) is 7.20. The van der Waals surface area contributed by atoms with Crippen LogP contribution in [0.25, 0.3) is 20.9 Å². The van der Waals surface area contributed by atoms with Gasteiger partial charge in [0, 0.05) is 131 Å². The van der Waals surface area contributed by atoms with E-state index in [-0.39, 0.29) is 36.8 Å². The van der Waals surface area contributed by atoms with E-state index in [0.29, 0.717) is 132 Å². The number of ketones is 1. The third-order valence-electron chi connectivity index (χ3n) is 9.20. The molecular weight excluding hydrogens is 867 g/mol. The van der Waals surface area contributed by atoms with Crippen molar-refractivity contribution in [1.82, 2.24) is 39.9 Å². The van der Waals surface area contributed by atoms with Crippen molar-refractivity contribution in [3.63, 3.8) is 0 Å². The van der Waals surface area contributed by atoms with E-state index in [0.717, 1.165) is 0 Å². The lowest BCUT2D eigenvalue weighted by atomic mass is 10.1. The Morgan fingerprint density at radius 1 is 0.591 bits per heavy atom. The molecule has 28 nitrogen and oxygen atoms in total. The Morgan fingerprint density at radius 2 is 0.970 bits per heavy atom. The first-order chi connectivity index (χ1) is 32.0. The van der Waals surface area contributed by atoms with E-state index in [4.69, 9.17) is 36.5 Å². The van der Waals surface area contributed by atoms with E-state index < -0.39 is 11.9 Å². The van der Waals surface area contributed by atoms with Gasteiger partial charge in [-0.05, 0) is 17.5 Å². The standard InChI is InChI=1S/C19H23N9O4.C13H13N9O2.C6H13NO3/c20-26-25-15-12-23-19(24-13-15)28-6-4-27(5-7-28)18-21-10-14(11-22-18)16(29)2-1-8-32-9-3-17(30)31;14-20-19-10-7-17-13(18-8-10)22-3-1-21(2-4-22)12-15-5-9(6-16-12)11(23)24;1-9-6(8)2-4-10-5-3-7/h10-13H,1-9H2,(H,30,31);5-8H,1-4H2,(H,23,24);2-5,7H2,1H3. The minimum atomic E-state index is -1.05. The Hall–Kier alpha value is -7.90. The van der Waals surface area contributed by atoms with Crippen molar-refractivity contribution in [2.75, 3.05) is 112 Å². The van der Waals surface area contributed by atoms with Crippen molar-refractivity contribution in [2.24, 2.45) is 16.0 Å². The Morgan fingerprint density at radius 3 is 1.33 bits per heavy atom. The van der Waals surface area contributed by atoms with Gasteiger partial charge < -0.3 is 49.8 Å². The highest BCUT2D eigenvalue weighted by molar-refractivity contribution is 5.95. The third kappa shape index (κ3) is 17.3. The molecule has 0 aliphatic carbocycles. The number of Topliss-reactive ketones (excluding diaryl/α,β-unsaturated/α-hetero) is 1. The molecule has 4 aromatic rings.